The van der Waals surface area contributed by atoms with Crippen molar-refractivity contribution in [2.24, 2.45) is 10.8 Å². The van der Waals surface area contributed by atoms with Crippen LogP contribution in [0.5, 0.6) is 0 Å². The van der Waals surface area contributed by atoms with E-state index in [0.717, 1.165) is 0 Å². The van der Waals surface area contributed by atoms with E-state index in [-0.39, 0.29) is 0 Å². The zero-order valence-electron chi connectivity index (χ0n) is 13.8. The molecule has 0 aliphatic heterocycles. The number of fused-ring (bicyclic) bond motifs is 1. The van der Waals surface area contributed by atoms with Crippen LogP contribution < -0.4 is 5.32 Å². The van der Waals surface area contributed by atoms with Crippen molar-refractivity contribution in [3.05, 3.63) is 33.8 Å². The van der Waals surface area contributed by atoms with Crippen molar-refractivity contribution in [1.82, 2.24) is 5.32 Å². The van der Waals surface area contributed by atoms with E-state index in [2.05, 4.69) is 67.1 Å². The Morgan fingerprint density at radius 2 is 1.76 bits per heavy atom. The molecular weight excluding hydrogens is 322 g/mol. The maximum atomic E-state index is 3.99. The van der Waals surface area contributed by atoms with Gasteiger partial charge in [0.15, 0.2) is 0 Å². The van der Waals surface area contributed by atoms with Gasteiger partial charge in [-0.2, -0.15) is 0 Å². The van der Waals surface area contributed by atoms with Crippen LogP contribution in [-0.4, -0.2) is 6.04 Å². The molecule has 1 atom stereocenters. The second kappa shape index (κ2) is 5.38. The fourth-order valence-electron chi connectivity index (χ4n) is 5.01. The number of nitrogens with one attached hydrogen (secondary N) is 1. The van der Waals surface area contributed by atoms with Gasteiger partial charge in [0.05, 0.1) is 0 Å². The summed E-state index contributed by atoms with van der Waals surface area (Å²) >= 11 is 3.59. The lowest BCUT2D eigenvalue weighted by Crippen LogP contribution is -2.44. The van der Waals surface area contributed by atoms with Crippen LogP contribution >= 0.6 is 15.9 Å². The fourth-order valence-corrected chi connectivity index (χ4v) is 5.42. The quantitative estimate of drug-likeness (QED) is 0.729. The van der Waals surface area contributed by atoms with Gasteiger partial charge >= 0.3 is 0 Å². The molecule has 0 saturated heterocycles. The molecule has 0 aromatic heterocycles. The van der Waals surface area contributed by atoms with E-state index in [1.165, 1.54) is 47.7 Å². The van der Waals surface area contributed by atoms with Crippen LogP contribution in [0.3, 0.4) is 0 Å². The summed E-state index contributed by atoms with van der Waals surface area (Å²) in [5.41, 5.74) is 3.97. The van der Waals surface area contributed by atoms with Gasteiger partial charge in [0, 0.05) is 16.6 Å². The van der Waals surface area contributed by atoms with Crippen LogP contribution in [0.2, 0.25) is 0 Å². The number of aryl methyl sites for hydroxylation is 1. The Labute approximate surface area is 138 Å². The highest BCUT2D eigenvalue weighted by Crippen LogP contribution is 2.46. The van der Waals surface area contributed by atoms with Gasteiger partial charge in [-0.1, -0.05) is 49.7 Å². The summed E-state index contributed by atoms with van der Waals surface area (Å²) in [4.78, 5) is 0. The Hall–Kier alpha value is -0.340. The summed E-state index contributed by atoms with van der Waals surface area (Å²) in [6, 6.07) is 8.01. The zero-order valence-corrected chi connectivity index (χ0v) is 15.4. The first-order chi connectivity index (χ1) is 9.74. The van der Waals surface area contributed by atoms with Crippen molar-refractivity contribution in [2.75, 3.05) is 0 Å². The van der Waals surface area contributed by atoms with Crippen molar-refractivity contribution >= 4 is 15.9 Å². The number of hydrogen-bond donors (Lipinski definition) is 1. The second-order valence-corrected chi connectivity index (χ2v) is 9.63. The summed E-state index contributed by atoms with van der Waals surface area (Å²) in [7, 11) is 0. The fraction of sp³-hybridized carbons (Fsp3) is 0.684. The minimum Gasteiger partial charge on any atom is -0.307 e. The van der Waals surface area contributed by atoms with Gasteiger partial charge in [-0.05, 0) is 66.2 Å². The molecule has 21 heavy (non-hydrogen) atoms. The van der Waals surface area contributed by atoms with Gasteiger partial charge < -0.3 is 5.32 Å². The maximum absolute atomic E-state index is 3.99. The Bertz CT molecular complexity index is 516. The summed E-state index contributed by atoms with van der Waals surface area (Å²) in [5, 5.41) is 3.99. The zero-order chi connectivity index (χ0) is 15.3. The molecule has 116 valence electrons. The molecule has 0 spiro atoms. The van der Waals surface area contributed by atoms with Crippen LogP contribution in [-0.2, 0) is 6.42 Å². The summed E-state index contributed by atoms with van der Waals surface area (Å²) < 4.78 is 1.21. The van der Waals surface area contributed by atoms with E-state index in [1.54, 1.807) is 0 Å². The third-order valence-electron chi connectivity index (χ3n) is 5.17. The van der Waals surface area contributed by atoms with Crippen molar-refractivity contribution in [1.29, 1.82) is 0 Å². The molecule has 2 aliphatic carbocycles. The molecule has 3 rings (SSSR count). The van der Waals surface area contributed by atoms with E-state index >= 15 is 0 Å². The summed E-state index contributed by atoms with van der Waals surface area (Å²) in [6.45, 7) is 9.73. The highest BCUT2D eigenvalue weighted by molar-refractivity contribution is 9.10. The Balaban J connectivity index is 1.74. The first kappa shape index (κ1) is 15.6. The molecular formula is C19H28BrN. The van der Waals surface area contributed by atoms with E-state index in [4.69, 9.17) is 0 Å². The van der Waals surface area contributed by atoms with E-state index in [1.807, 2.05) is 0 Å². The van der Waals surface area contributed by atoms with Crippen LogP contribution in [0.4, 0.5) is 0 Å². The highest BCUT2D eigenvalue weighted by Gasteiger charge is 2.39. The number of benzene rings is 1. The van der Waals surface area contributed by atoms with Crippen molar-refractivity contribution in [3.8, 4) is 0 Å². The Kier molecular flexibility index (Phi) is 3.99. The van der Waals surface area contributed by atoms with Gasteiger partial charge in [-0.25, -0.2) is 0 Å². The molecule has 2 aliphatic rings. The lowest BCUT2D eigenvalue weighted by atomic mass is 9.63. The van der Waals surface area contributed by atoms with Crippen molar-refractivity contribution in [3.63, 3.8) is 0 Å². The molecule has 1 fully saturated rings. The highest BCUT2D eigenvalue weighted by atomic mass is 79.9. The Morgan fingerprint density at radius 1 is 1.10 bits per heavy atom. The molecule has 0 heterocycles. The van der Waals surface area contributed by atoms with Crippen LogP contribution in [0.15, 0.2) is 22.7 Å². The molecule has 1 unspecified atom stereocenters. The van der Waals surface area contributed by atoms with Gasteiger partial charge in [-0.15, -0.1) is 0 Å². The molecule has 1 saturated carbocycles. The lowest BCUT2D eigenvalue weighted by molar-refractivity contribution is 0.0802. The second-order valence-electron chi connectivity index (χ2n) is 8.71. The van der Waals surface area contributed by atoms with Crippen molar-refractivity contribution in [2.45, 2.75) is 71.9 Å². The average Bonchev–Trinajstić information content (AvgIpc) is 2.67. The minimum absolute atomic E-state index is 0.459. The largest absolute Gasteiger partial charge is 0.307 e. The predicted molar refractivity (Wildman–Crippen MR) is 93.5 cm³/mol. The normalized spacial score (nSPS) is 27.6. The van der Waals surface area contributed by atoms with E-state index in [9.17, 15) is 0 Å². The molecule has 1 aromatic rings. The smallest absolute Gasteiger partial charge is 0.0328 e. The van der Waals surface area contributed by atoms with E-state index in [0.29, 0.717) is 22.9 Å². The molecule has 1 N–H and O–H groups in total. The third kappa shape index (κ3) is 3.53. The molecule has 0 radical (unpaired) electrons. The van der Waals surface area contributed by atoms with E-state index < -0.39 is 0 Å². The first-order valence-corrected chi connectivity index (χ1v) is 9.08. The Morgan fingerprint density at radius 3 is 2.43 bits per heavy atom. The summed E-state index contributed by atoms with van der Waals surface area (Å²) in [5.74, 6) is 0. The van der Waals surface area contributed by atoms with Crippen LogP contribution in [0.25, 0.3) is 0 Å². The van der Waals surface area contributed by atoms with Gasteiger partial charge in [0.2, 0.25) is 0 Å². The van der Waals surface area contributed by atoms with Gasteiger partial charge in [0.25, 0.3) is 0 Å². The van der Waals surface area contributed by atoms with Crippen LogP contribution in [0.1, 0.15) is 70.5 Å². The number of halogens is 1. The third-order valence-corrected chi connectivity index (χ3v) is 5.67. The standard InChI is InChI=1S/C19H28BrN/c1-18(2)10-15(11-19(3,4)12-18)21-17-8-5-13-9-14(20)6-7-16(13)17/h6-7,9,15,17,21H,5,8,10-12H2,1-4H3. The van der Waals surface area contributed by atoms with Crippen molar-refractivity contribution < 1.29 is 0 Å². The van der Waals surface area contributed by atoms with Gasteiger partial charge in [0.1, 0.15) is 0 Å². The number of hydrogen-bond acceptors (Lipinski definition) is 1. The van der Waals surface area contributed by atoms with Gasteiger partial charge in [-0.3, -0.25) is 0 Å². The molecule has 0 amide bonds. The lowest BCUT2D eigenvalue weighted by Gasteiger charge is -2.46. The van der Waals surface area contributed by atoms with Crippen LogP contribution in [0, 0.1) is 10.8 Å². The SMILES string of the molecule is CC1(C)CC(NC2CCc3cc(Br)ccc32)CC(C)(C)C1. The molecule has 0 bridgehead atoms. The molecule has 2 heteroatoms. The number of rotatable bonds is 2. The summed E-state index contributed by atoms with van der Waals surface area (Å²) in [6.07, 6.45) is 6.42. The average molecular weight is 350 g/mol. The first-order valence-electron chi connectivity index (χ1n) is 8.29. The minimum atomic E-state index is 0.459. The predicted octanol–water partition coefficient (Wildman–Crippen LogP) is 5.63. The molecule has 1 nitrogen and oxygen atoms in total. The topological polar surface area (TPSA) is 12.0 Å². The maximum Gasteiger partial charge on any atom is 0.0328 e. The molecule has 1 aromatic carbocycles. The monoisotopic (exact) mass is 349 g/mol.